The van der Waals surface area contributed by atoms with Gasteiger partial charge >= 0.3 is 0 Å². The van der Waals surface area contributed by atoms with Crippen LogP contribution in [0.1, 0.15) is 39.2 Å². The largest absolute Gasteiger partial charge is 0.393 e. The summed E-state index contributed by atoms with van der Waals surface area (Å²) in [5.41, 5.74) is 1.40. The smallest absolute Gasteiger partial charge is 0.0591 e. The lowest BCUT2D eigenvalue weighted by molar-refractivity contribution is 0.0419. The van der Waals surface area contributed by atoms with Gasteiger partial charge in [0.2, 0.25) is 0 Å². The molecule has 106 valence electrons. The molecule has 2 atom stereocenters. The fourth-order valence-corrected chi connectivity index (χ4v) is 2.76. The minimum absolute atomic E-state index is 0.00680. The number of likely N-dealkylation sites (tertiary alicyclic amines) is 1. The third kappa shape index (κ3) is 4.32. The van der Waals surface area contributed by atoms with Gasteiger partial charge < -0.3 is 5.11 Å². The number of nitrogens with zero attached hydrogens (tertiary/aromatic N) is 1. The van der Waals surface area contributed by atoms with Crippen molar-refractivity contribution < 1.29 is 5.11 Å². The van der Waals surface area contributed by atoms with Crippen molar-refractivity contribution in [2.24, 2.45) is 11.3 Å². The second-order valence-corrected chi connectivity index (χ2v) is 6.99. The number of hydrogen-bond donors (Lipinski definition) is 1. The Bertz CT molecular complexity index is 382. The molecule has 2 rings (SSSR count). The fraction of sp³-hybridized carbons (Fsp3) is 0.647. The van der Waals surface area contributed by atoms with E-state index in [1.807, 2.05) is 0 Å². The molecule has 2 nitrogen and oxygen atoms in total. The average molecular weight is 261 g/mol. The van der Waals surface area contributed by atoms with Crippen LogP contribution in [0.4, 0.5) is 0 Å². The first-order valence-electron chi connectivity index (χ1n) is 7.39. The molecular weight excluding hydrogens is 234 g/mol. The molecule has 0 spiro atoms. The monoisotopic (exact) mass is 261 g/mol. The third-order valence-corrected chi connectivity index (χ3v) is 4.18. The molecule has 19 heavy (non-hydrogen) atoms. The van der Waals surface area contributed by atoms with Gasteiger partial charge in [0.15, 0.2) is 0 Å². The summed E-state index contributed by atoms with van der Waals surface area (Å²) < 4.78 is 0. The number of rotatable bonds is 4. The Balaban J connectivity index is 1.80. The molecule has 2 unspecified atom stereocenters. The van der Waals surface area contributed by atoms with Gasteiger partial charge in [-0.15, -0.1) is 0 Å². The van der Waals surface area contributed by atoms with E-state index in [4.69, 9.17) is 0 Å². The van der Waals surface area contributed by atoms with Gasteiger partial charge in [-0.25, -0.2) is 0 Å². The van der Waals surface area contributed by atoms with Gasteiger partial charge in [0.05, 0.1) is 6.10 Å². The van der Waals surface area contributed by atoms with Gasteiger partial charge in [0.25, 0.3) is 0 Å². The molecular formula is C17H27NO. The van der Waals surface area contributed by atoms with Crippen LogP contribution in [-0.2, 0) is 6.54 Å². The molecule has 0 bridgehead atoms. The van der Waals surface area contributed by atoms with E-state index < -0.39 is 0 Å². The first-order valence-corrected chi connectivity index (χ1v) is 7.39. The molecule has 1 fully saturated rings. The Labute approximate surface area is 117 Å². The van der Waals surface area contributed by atoms with Crippen molar-refractivity contribution in [2.75, 3.05) is 13.1 Å². The van der Waals surface area contributed by atoms with E-state index in [-0.39, 0.29) is 11.5 Å². The quantitative estimate of drug-likeness (QED) is 0.899. The molecule has 1 aliphatic rings. The number of aliphatic hydroxyl groups excluding tert-OH is 1. The van der Waals surface area contributed by atoms with Crippen LogP contribution in [0.25, 0.3) is 0 Å². The van der Waals surface area contributed by atoms with Crippen molar-refractivity contribution in [3.05, 3.63) is 35.9 Å². The van der Waals surface area contributed by atoms with Gasteiger partial charge in [0.1, 0.15) is 0 Å². The Morgan fingerprint density at radius 1 is 1.26 bits per heavy atom. The molecule has 1 aliphatic heterocycles. The van der Waals surface area contributed by atoms with Gasteiger partial charge in [-0.1, -0.05) is 51.1 Å². The summed E-state index contributed by atoms with van der Waals surface area (Å²) in [4.78, 5) is 2.51. The highest BCUT2D eigenvalue weighted by Gasteiger charge is 2.29. The maximum Gasteiger partial charge on any atom is 0.0591 e. The molecule has 0 aliphatic carbocycles. The van der Waals surface area contributed by atoms with Crippen molar-refractivity contribution in [3.63, 3.8) is 0 Å². The zero-order valence-electron chi connectivity index (χ0n) is 12.5. The molecule has 1 heterocycles. The zero-order chi connectivity index (χ0) is 13.9. The molecule has 0 saturated carbocycles. The summed E-state index contributed by atoms with van der Waals surface area (Å²) in [5, 5.41) is 10.2. The lowest BCUT2D eigenvalue weighted by Crippen LogP contribution is -2.29. The van der Waals surface area contributed by atoms with E-state index in [1.54, 1.807) is 0 Å². The van der Waals surface area contributed by atoms with Crippen molar-refractivity contribution in [1.82, 2.24) is 4.90 Å². The van der Waals surface area contributed by atoms with Crippen molar-refractivity contribution in [1.29, 1.82) is 0 Å². The van der Waals surface area contributed by atoms with E-state index in [9.17, 15) is 5.11 Å². The van der Waals surface area contributed by atoms with Crippen LogP contribution in [0.2, 0.25) is 0 Å². The first-order chi connectivity index (χ1) is 8.95. The standard InChI is InChI=1S/C17H27NO/c1-17(2,3)16(19)11-15-9-10-18(13-15)12-14-7-5-4-6-8-14/h4-8,15-16,19H,9-13H2,1-3H3. The maximum absolute atomic E-state index is 10.2. The molecule has 2 heteroatoms. The third-order valence-electron chi connectivity index (χ3n) is 4.18. The van der Waals surface area contributed by atoms with Crippen LogP contribution in [-0.4, -0.2) is 29.2 Å². The molecule has 0 amide bonds. The highest BCUT2D eigenvalue weighted by molar-refractivity contribution is 5.14. The number of hydrogen-bond acceptors (Lipinski definition) is 2. The lowest BCUT2D eigenvalue weighted by atomic mass is 9.83. The predicted octanol–water partition coefficient (Wildman–Crippen LogP) is 3.31. The highest BCUT2D eigenvalue weighted by Crippen LogP contribution is 2.29. The van der Waals surface area contributed by atoms with Crippen molar-refractivity contribution >= 4 is 0 Å². The van der Waals surface area contributed by atoms with E-state index in [0.717, 1.165) is 26.1 Å². The van der Waals surface area contributed by atoms with Gasteiger partial charge in [-0.3, -0.25) is 4.90 Å². The Hall–Kier alpha value is -0.860. The summed E-state index contributed by atoms with van der Waals surface area (Å²) in [7, 11) is 0. The second kappa shape index (κ2) is 6.06. The minimum Gasteiger partial charge on any atom is -0.393 e. The predicted molar refractivity (Wildman–Crippen MR) is 79.9 cm³/mol. The Morgan fingerprint density at radius 2 is 1.95 bits per heavy atom. The second-order valence-electron chi connectivity index (χ2n) is 6.99. The van der Waals surface area contributed by atoms with Crippen molar-refractivity contribution in [3.8, 4) is 0 Å². The van der Waals surface area contributed by atoms with Crippen molar-refractivity contribution in [2.45, 2.75) is 46.3 Å². The summed E-state index contributed by atoms with van der Waals surface area (Å²) in [5.74, 6) is 0.651. The number of aliphatic hydroxyl groups is 1. The van der Waals surface area contributed by atoms with Gasteiger partial charge in [-0.05, 0) is 36.3 Å². The summed E-state index contributed by atoms with van der Waals surface area (Å²) in [6.45, 7) is 9.69. The van der Waals surface area contributed by atoms with E-state index >= 15 is 0 Å². The van der Waals surface area contributed by atoms with Crippen LogP contribution in [0.3, 0.4) is 0 Å². The molecule has 1 aromatic carbocycles. The molecule has 0 aromatic heterocycles. The molecule has 0 radical (unpaired) electrons. The molecule has 1 saturated heterocycles. The Kier molecular flexibility index (Phi) is 4.64. The van der Waals surface area contributed by atoms with Crippen LogP contribution in [0, 0.1) is 11.3 Å². The number of benzene rings is 1. The van der Waals surface area contributed by atoms with Crippen LogP contribution >= 0.6 is 0 Å². The summed E-state index contributed by atoms with van der Waals surface area (Å²) >= 11 is 0. The van der Waals surface area contributed by atoms with E-state index in [0.29, 0.717) is 5.92 Å². The van der Waals surface area contributed by atoms with Gasteiger partial charge in [-0.2, -0.15) is 0 Å². The highest BCUT2D eigenvalue weighted by atomic mass is 16.3. The van der Waals surface area contributed by atoms with Gasteiger partial charge in [0, 0.05) is 13.1 Å². The fourth-order valence-electron chi connectivity index (χ4n) is 2.76. The SMILES string of the molecule is CC(C)(C)C(O)CC1CCN(Cc2ccccc2)C1. The van der Waals surface area contributed by atoms with Crippen LogP contribution < -0.4 is 0 Å². The average Bonchev–Trinajstić information content (AvgIpc) is 2.76. The summed E-state index contributed by atoms with van der Waals surface area (Å²) in [6, 6.07) is 10.7. The lowest BCUT2D eigenvalue weighted by Gasteiger charge is -2.28. The van der Waals surface area contributed by atoms with Crippen LogP contribution in [0.5, 0.6) is 0 Å². The Morgan fingerprint density at radius 3 is 2.58 bits per heavy atom. The van der Waals surface area contributed by atoms with E-state index in [2.05, 4.69) is 56.0 Å². The maximum atomic E-state index is 10.2. The minimum atomic E-state index is -0.186. The summed E-state index contributed by atoms with van der Waals surface area (Å²) in [6.07, 6.45) is 1.98. The normalized spacial score (nSPS) is 22.6. The molecule has 1 aromatic rings. The topological polar surface area (TPSA) is 23.5 Å². The first kappa shape index (κ1) is 14.5. The van der Waals surface area contributed by atoms with E-state index in [1.165, 1.54) is 12.0 Å². The molecule has 1 N–H and O–H groups in total. The van der Waals surface area contributed by atoms with Crippen LogP contribution in [0.15, 0.2) is 30.3 Å². The zero-order valence-corrected chi connectivity index (χ0v) is 12.5.